The topological polar surface area (TPSA) is 41.5 Å². The van der Waals surface area contributed by atoms with Crippen molar-refractivity contribution in [3.8, 4) is 5.75 Å². The summed E-state index contributed by atoms with van der Waals surface area (Å²) in [5.41, 5.74) is 3.50. The molecule has 1 atom stereocenters. The Balaban J connectivity index is 2.78. The van der Waals surface area contributed by atoms with Gasteiger partial charge < -0.3 is 15.2 Å². The monoisotopic (exact) mass is 237 g/mol. The Bertz CT molecular complexity index is 340. The molecule has 1 rings (SSSR count). The smallest absolute Gasteiger partial charge is 0.125 e. The molecule has 0 saturated carbocycles. The lowest BCUT2D eigenvalue weighted by Gasteiger charge is -2.16. The molecule has 0 aromatic heterocycles. The maximum absolute atomic E-state index is 9.50. The van der Waals surface area contributed by atoms with Gasteiger partial charge in [0.25, 0.3) is 0 Å². The third-order valence-electron chi connectivity index (χ3n) is 2.79. The lowest BCUT2D eigenvalue weighted by molar-refractivity contribution is 0.103. The Morgan fingerprint density at radius 1 is 1.29 bits per heavy atom. The zero-order valence-electron chi connectivity index (χ0n) is 11.2. The van der Waals surface area contributed by atoms with Crippen molar-refractivity contribution in [2.75, 3.05) is 13.7 Å². The summed E-state index contributed by atoms with van der Waals surface area (Å²) >= 11 is 0. The number of benzene rings is 1. The van der Waals surface area contributed by atoms with Crippen molar-refractivity contribution >= 4 is 0 Å². The molecule has 17 heavy (non-hydrogen) atoms. The molecule has 3 nitrogen and oxygen atoms in total. The first kappa shape index (κ1) is 14.0. The van der Waals surface area contributed by atoms with Crippen LogP contribution in [0.25, 0.3) is 0 Å². The standard InChI is InChI=1S/C14H23NO2/c1-5-13(16)9-17-14-10(2)6-12(8-15-4)7-11(14)3/h6-7,13,15-16H,5,8-9H2,1-4H3. The van der Waals surface area contributed by atoms with Crippen LogP contribution in [0, 0.1) is 13.8 Å². The predicted molar refractivity (Wildman–Crippen MR) is 70.5 cm³/mol. The van der Waals surface area contributed by atoms with E-state index >= 15 is 0 Å². The van der Waals surface area contributed by atoms with Crippen LogP contribution in [-0.2, 0) is 6.54 Å². The molecule has 0 heterocycles. The van der Waals surface area contributed by atoms with Crippen LogP contribution in [0.5, 0.6) is 5.75 Å². The number of ether oxygens (including phenoxy) is 1. The summed E-state index contributed by atoms with van der Waals surface area (Å²) < 4.78 is 5.68. The molecule has 2 N–H and O–H groups in total. The van der Waals surface area contributed by atoms with Crippen LogP contribution < -0.4 is 10.1 Å². The minimum Gasteiger partial charge on any atom is -0.490 e. The summed E-state index contributed by atoms with van der Waals surface area (Å²) in [5.74, 6) is 0.900. The zero-order valence-corrected chi connectivity index (χ0v) is 11.2. The van der Waals surface area contributed by atoms with E-state index in [9.17, 15) is 5.11 Å². The quantitative estimate of drug-likeness (QED) is 0.796. The summed E-state index contributed by atoms with van der Waals surface area (Å²) in [5, 5.41) is 12.6. The molecule has 0 aliphatic carbocycles. The van der Waals surface area contributed by atoms with Gasteiger partial charge in [-0.25, -0.2) is 0 Å². The van der Waals surface area contributed by atoms with E-state index in [1.165, 1.54) is 5.56 Å². The molecule has 0 aliphatic rings. The van der Waals surface area contributed by atoms with E-state index < -0.39 is 0 Å². The van der Waals surface area contributed by atoms with Crippen molar-refractivity contribution in [2.24, 2.45) is 0 Å². The van der Waals surface area contributed by atoms with Gasteiger partial charge in [0.15, 0.2) is 0 Å². The van der Waals surface area contributed by atoms with Gasteiger partial charge in [-0.05, 0) is 44.0 Å². The Hall–Kier alpha value is -1.06. The van der Waals surface area contributed by atoms with Gasteiger partial charge in [0.05, 0.1) is 6.10 Å². The first-order valence-electron chi connectivity index (χ1n) is 6.14. The highest BCUT2D eigenvalue weighted by Crippen LogP contribution is 2.25. The fourth-order valence-electron chi connectivity index (χ4n) is 1.87. The van der Waals surface area contributed by atoms with Crippen molar-refractivity contribution in [3.63, 3.8) is 0 Å². The van der Waals surface area contributed by atoms with E-state index in [1.54, 1.807) is 0 Å². The van der Waals surface area contributed by atoms with Gasteiger partial charge in [-0.2, -0.15) is 0 Å². The van der Waals surface area contributed by atoms with E-state index in [4.69, 9.17) is 4.74 Å². The van der Waals surface area contributed by atoms with Crippen LogP contribution in [0.1, 0.15) is 30.0 Å². The first-order valence-corrected chi connectivity index (χ1v) is 6.14. The summed E-state index contributed by atoms with van der Waals surface area (Å²) in [4.78, 5) is 0. The number of hydrogen-bond acceptors (Lipinski definition) is 3. The molecule has 0 bridgehead atoms. The van der Waals surface area contributed by atoms with Gasteiger partial charge in [-0.1, -0.05) is 19.1 Å². The van der Waals surface area contributed by atoms with E-state index in [2.05, 4.69) is 17.4 Å². The molecular formula is C14H23NO2. The second-order valence-corrected chi connectivity index (χ2v) is 4.46. The van der Waals surface area contributed by atoms with Gasteiger partial charge in [-0.15, -0.1) is 0 Å². The van der Waals surface area contributed by atoms with Crippen LogP contribution in [0.15, 0.2) is 12.1 Å². The van der Waals surface area contributed by atoms with E-state index in [1.807, 2.05) is 27.8 Å². The molecule has 0 saturated heterocycles. The van der Waals surface area contributed by atoms with Crippen molar-refractivity contribution < 1.29 is 9.84 Å². The summed E-state index contributed by atoms with van der Waals surface area (Å²) in [7, 11) is 1.94. The van der Waals surface area contributed by atoms with Gasteiger partial charge in [-0.3, -0.25) is 0 Å². The summed E-state index contributed by atoms with van der Waals surface area (Å²) in [6, 6.07) is 4.24. The highest BCUT2D eigenvalue weighted by atomic mass is 16.5. The second-order valence-electron chi connectivity index (χ2n) is 4.46. The normalized spacial score (nSPS) is 12.5. The molecule has 1 unspecified atom stereocenters. The van der Waals surface area contributed by atoms with Crippen LogP contribution in [0.4, 0.5) is 0 Å². The van der Waals surface area contributed by atoms with Crippen LogP contribution >= 0.6 is 0 Å². The summed E-state index contributed by atoms with van der Waals surface area (Å²) in [6.45, 7) is 7.26. The molecule has 96 valence electrons. The lowest BCUT2D eigenvalue weighted by Crippen LogP contribution is -2.17. The maximum atomic E-state index is 9.50. The Kier molecular flexibility index (Phi) is 5.45. The van der Waals surface area contributed by atoms with Gasteiger partial charge >= 0.3 is 0 Å². The van der Waals surface area contributed by atoms with Crippen molar-refractivity contribution in [1.29, 1.82) is 0 Å². The van der Waals surface area contributed by atoms with Crippen LogP contribution in [0.3, 0.4) is 0 Å². The predicted octanol–water partition coefficient (Wildman–Crippen LogP) is 2.17. The minimum absolute atomic E-state index is 0.365. The zero-order chi connectivity index (χ0) is 12.8. The summed E-state index contributed by atoms with van der Waals surface area (Å²) in [6.07, 6.45) is 0.335. The highest BCUT2D eigenvalue weighted by molar-refractivity contribution is 5.43. The van der Waals surface area contributed by atoms with Crippen molar-refractivity contribution in [2.45, 2.75) is 39.8 Å². The first-order chi connectivity index (χ1) is 8.08. The molecule has 0 aliphatic heterocycles. The SMILES string of the molecule is CCC(O)COc1c(C)cc(CNC)cc1C. The Morgan fingerprint density at radius 3 is 2.35 bits per heavy atom. The minimum atomic E-state index is -0.384. The number of nitrogens with one attached hydrogen (secondary N) is 1. The van der Waals surface area contributed by atoms with E-state index in [0.29, 0.717) is 6.61 Å². The third-order valence-corrected chi connectivity index (χ3v) is 2.79. The number of aliphatic hydroxyl groups excluding tert-OH is 1. The molecule has 1 aromatic carbocycles. The Labute approximate surface area is 104 Å². The molecule has 0 radical (unpaired) electrons. The largest absolute Gasteiger partial charge is 0.490 e. The Morgan fingerprint density at radius 2 is 1.88 bits per heavy atom. The lowest BCUT2D eigenvalue weighted by atomic mass is 10.1. The number of rotatable bonds is 6. The molecule has 0 fully saturated rings. The fourth-order valence-corrected chi connectivity index (χ4v) is 1.87. The van der Waals surface area contributed by atoms with Crippen molar-refractivity contribution in [3.05, 3.63) is 28.8 Å². The molecule has 0 spiro atoms. The second kappa shape index (κ2) is 6.62. The van der Waals surface area contributed by atoms with E-state index in [-0.39, 0.29) is 6.10 Å². The average molecular weight is 237 g/mol. The number of aliphatic hydroxyl groups is 1. The number of aryl methyl sites for hydroxylation is 2. The van der Waals surface area contributed by atoms with Crippen molar-refractivity contribution in [1.82, 2.24) is 5.32 Å². The van der Waals surface area contributed by atoms with Gasteiger partial charge in [0, 0.05) is 6.54 Å². The number of hydrogen-bond donors (Lipinski definition) is 2. The molecular weight excluding hydrogens is 214 g/mol. The molecule has 3 heteroatoms. The van der Waals surface area contributed by atoms with Gasteiger partial charge in [0.2, 0.25) is 0 Å². The highest BCUT2D eigenvalue weighted by Gasteiger charge is 2.08. The van der Waals surface area contributed by atoms with Gasteiger partial charge in [0.1, 0.15) is 12.4 Å². The fraction of sp³-hybridized carbons (Fsp3) is 0.571. The van der Waals surface area contributed by atoms with Crippen LogP contribution in [0.2, 0.25) is 0 Å². The van der Waals surface area contributed by atoms with Crippen LogP contribution in [-0.4, -0.2) is 24.9 Å². The maximum Gasteiger partial charge on any atom is 0.125 e. The third kappa shape index (κ3) is 4.02. The van der Waals surface area contributed by atoms with E-state index in [0.717, 1.165) is 29.8 Å². The molecule has 1 aromatic rings. The average Bonchev–Trinajstić information content (AvgIpc) is 2.28. The molecule has 0 amide bonds.